The third-order valence-electron chi connectivity index (χ3n) is 1.75. The molecular weight excluding hydrogens is 224 g/mol. The summed E-state index contributed by atoms with van der Waals surface area (Å²) in [7, 11) is 3.23. The number of hydrogen-bond acceptors (Lipinski definition) is 3. The second kappa shape index (κ2) is 4.77. The molecule has 0 heterocycles. The molecule has 0 radical (unpaired) electrons. The van der Waals surface area contributed by atoms with Gasteiger partial charge in [-0.05, 0) is 11.1 Å². The maximum Gasteiger partial charge on any atom is 0.236 e. The Labute approximate surface area is 88.1 Å². The standard InChI is InChI=1S/C9H11ClO3S/c1-13-6-8-4-2-3-5-9(8)7-14(10,11)12/h2-5H,6-7H2,1H3. The summed E-state index contributed by atoms with van der Waals surface area (Å²) in [6.45, 7) is 0.391. The van der Waals surface area contributed by atoms with Crippen LogP contribution in [-0.4, -0.2) is 15.5 Å². The van der Waals surface area contributed by atoms with Crippen molar-refractivity contribution in [3.63, 3.8) is 0 Å². The lowest BCUT2D eigenvalue weighted by molar-refractivity contribution is 0.184. The Balaban J connectivity index is 2.95. The molecule has 0 bridgehead atoms. The van der Waals surface area contributed by atoms with E-state index >= 15 is 0 Å². The minimum atomic E-state index is -3.50. The molecule has 0 spiro atoms. The molecular formula is C9H11ClO3S. The van der Waals surface area contributed by atoms with Crippen molar-refractivity contribution in [3.8, 4) is 0 Å². The first kappa shape index (κ1) is 11.5. The molecule has 3 nitrogen and oxygen atoms in total. The van der Waals surface area contributed by atoms with E-state index in [9.17, 15) is 8.42 Å². The van der Waals surface area contributed by atoms with Crippen molar-refractivity contribution in [1.82, 2.24) is 0 Å². The number of methoxy groups -OCH3 is 1. The Morgan fingerprint density at radius 1 is 1.29 bits per heavy atom. The van der Waals surface area contributed by atoms with Gasteiger partial charge in [0.05, 0.1) is 12.4 Å². The lowest BCUT2D eigenvalue weighted by Crippen LogP contribution is -2.00. The summed E-state index contributed by atoms with van der Waals surface area (Å²) in [5.74, 6) is -0.159. The zero-order valence-corrected chi connectivity index (χ0v) is 9.31. The topological polar surface area (TPSA) is 43.4 Å². The fourth-order valence-electron chi connectivity index (χ4n) is 1.18. The van der Waals surface area contributed by atoms with Gasteiger partial charge in [0.25, 0.3) is 0 Å². The second-order valence-electron chi connectivity index (χ2n) is 2.88. The summed E-state index contributed by atoms with van der Waals surface area (Å²) >= 11 is 0. The molecule has 0 unspecified atom stereocenters. The summed E-state index contributed by atoms with van der Waals surface area (Å²) in [5.41, 5.74) is 1.53. The van der Waals surface area contributed by atoms with Gasteiger partial charge < -0.3 is 4.74 Å². The Morgan fingerprint density at radius 3 is 2.36 bits per heavy atom. The lowest BCUT2D eigenvalue weighted by Gasteiger charge is -2.06. The van der Waals surface area contributed by atoms with E-state index in [1.54, 1.807) is 19.2 Å². The van der Waals surface area contributed by atoms with Gasteiger partial charge in [0.1, 0.15) is 0 Å². The number of rotatable bonds is 4. The quantitative estimate of drug-likeness (QED) is 0.748. The minimum Gasteiger partial charge on any atom is -0.380 e. The molecule has 1 aromatic carbocycles. The largest absolute Gasteiger partial charge is 0.380 e. The Kier molecular flexibility index (Phi) is 3.92. The van der Waals surface area contributed by atoms with Crippen LogP contribution in [0.2, 0.25) is 0 Å². The van der Waals surface area contributed by atoms with E-state index in [0.29, 0.717) is 12.2 Å². The highest BCUT2D eigenvalue weighted by molar-refractivity contribution is 8.13. The molecule has 1 aromatic rings. The van der Waals surface area contributed by atoms with Crippen molar-refractivity contribution in [3.05, 3.63) is 35.4 Å². The molecule has 0 saturated heterocycles. The van der Waals surface area contributed by atoms with Crippen LogP contribution in [-0.2, 0) is 26.1 Å². The molecule has 0 atom stereocenters. The number of halogens is 1. The summed E-state index contributed by atoms with van der Waals surface area (Å²) in [4.78, 5) is 0. The highest BCUT2D eigenvalue weighted by Crippen LogP contribution is 2.15. The molecule has 1 rings (SSSR count). The average Bonchev–Trinajstić information content (AvgIpc) is 2.06. The van der Waals surface area contributed by atoms with Gasteiger partial charge in [0, 0.05) is 17.8 Å². The lowest BCUT2D eigenvalue weighted by atomic mass is 10.1. The van der Waals surface area contributed by atoms with Crippen LogP contribution in [0.15, 0.2) is 24.3 Å². The maximum atomic E-state index is 10.9. The zero-order chi connectivity index (χ0) is 10.6. The van der Waals surface area contributed by atoms with Crippen LogP contribution in [0.5, 0.6) is 0 Å². The first-order valence-corrected chi connectivity index (χ1v) is 6.49. The molecule has 0 aliphatic heterocycles. The van der Waals surface area contributed by atoms with Crippen LogP contribution in [0.3, 0.4) is 0 Å². The predicted molar refractivity (Wildman–Crippen MR) is 55.6 cm³/mol. The van der Waals surface area contributed by atoms with Crippen LogP contribution < -0.4 is 0 Å². The fourth-order valence-corrected chi connectivity index (χ4v) is 2.19. The highest BCUT2D eigenvalue weighted by atomic mass is 35.7. The van der Waals surface area contributed by atoms with E-state index in [4.69, 9.17) is 15.4 Å². The molecule has 0 fully saturated rings. The normalized spacial score (nSPS) is 11.6. The minimum absolute atomic E-state index is 0.159. The van der Waals surface area contributed by atoms with E-state index in [2.05, 4.69) is 0 Å². The van der Waals surface area contributed by atoms with Crippen LogP contribution >= 0.6 is 10.7 Å². The smallest absolute Gasteiger partial charge is 0.236 e. The van der Waals surface area contributed by atoms with Crippen molar-refractivity contribution >= 4 is 19.7 Å². The number of benzene rings is 1. The van der Waals surface area contributed by atoms with Crippen LogP contribution in [0.1, 0.15) is 11.1 Å². The van der Waals surface area contributed by atoms with Gasteiger partial charge in [-0.1, -0.05) is 24.3 Å². The first-order valence-electron chi connectivity index (χ1n) is 4.01. The fraction of sp³-hybridized carbons (Fsp3) is 0.333. The third-order valence-corrected chi connectivity index (χ3v) is 2.73. The summed E-state index contributed by atoms with van der Waals surface area (Å²) in [6, 6.07) is 7.16. The highest BCUT2D eigenvalue weighted by Gasteiger charge is 2.10. The van der Waals surface area contributed by atoms with Crippen LogP contribution in [0.25, 0.3) is 0 Å². The molecule has 5 heteroatoms. The Hall–Kier alpha value is -0.580. The van der Waals surface area contributed by atoms with E-state index in [0.717, 1.165) is 5.56 Å². The van der Waals surface area contributed by atoms with Gasteiger partial charge >= 0.3 is 0 Å². The van der Waals surface area contributed by atoms with E-state index < -0.39 is 9.05 Å². The molecule has 0 amide bonds. The van der Waals surface area contributed by atoms with Gasteiger partial charge in [-0.15, -0.1) is 0 Å². The molecule has 78 valence electrons. The monoisotopic (exact) mass is 234 g/mol. The summed E-state index contributed by atoms with van der Waals surface area (Å²) < 4.78 is 26.7. The molecule has 0 aliphatic rings. The third kappa shape index (κ3) is 3.65. The van der Waals surface area contributed by atoms with Gasteiger partial charge in [-0.3, -0.25) is 0 Å². The molecule has 0 N–H and O–H groups in total. The average molecular weight is 235 g/mol. The van der Waals surface area contributed by atoms with Crippen LogP contribution in [0.4, 0.5) is 0 Å². The molecule has 0 aliphatic carbocycles. The van der Waals surface area contributed by atoms with Gasteiger partial charge in [0.15, 0.2) is 0 Å². The Morgan fingerprint density at radius 2 is 1.86 bits per heavy atom. The van der Waals surface area contributed by atoms with Crippen molar-refractivity contribution < 1.29 is 13.2 Å². The summed E-state index contributed by atoms with van der Waals surface area (Å²) in [5, 5.41) is 0. The molecule has 0 saturated carbocycles. The van der Waals surface area contributed by atoms with E-state index in [1.807, 2.05) is 12.1 Å². The summed E-state index contributed by atoms with van der Waals surface area (Å²) in [6.07, 6.45) is 0. The molecule has 14 heavy (non-hydrogen) atoms. The second-order valence-corrected chi connectivity index (χ2v) is 5.66. The number of ether oxygens (including phenoxy) is 1. The SMILES string of the molecule is COCc1ccccc1CS(=O)(=O)Cl. The van der Waals surface area contributed by atoms with Gasteiger partial charge in [-0.2, -0.15) is 0 Å². The van der Waals surface area contributed by atoms with Crippen LogP contribution in [0, 0.1) is 0 Å². The van der Waals surface area contributed by atoms with Crippen molar-refractivity contribution in [2.24, 2.45) is 0 Å². The molecule has 0 aromatic heterocycles. The van der Waals surface area contributed by atoms with Gasteiger partial charge in [0.2, 0.25) is 9.05 Å². The number of hydrogen-bond donors (Lipinski definition) is 0. The van der Waals surface area contributed by atoms with Gasteiger partial charge in [-0.25, -0.2) is 8.42 Å². The van der Waals surface area contributed by atoms with Crippen molar-refractivity contribution in [1.29, 1.82) is 0 Å². The zero-order valence-electron chi connectivity index (χ0n) is 7.73. The van der Waals surface area contributed by atoms with Crippen molar-refractivity contribution in [2.45, 2.75) is 12.4 Å². The maximum absolute atomic E-state index is 10.9. The van der Waals surface area contributed by atoms with E-state index in [1.165, 1.54) is 0 Å². The Bertz CT molecular complexity index is 400. The predicted octanol–water partition coefficient (Wildman–Crippen LogP) is 1.90. The van der Waals surface area contributed by atoms with Crippen molar-refractivity contribution in [2.75, 3.05) is 7.11 Å². The van der Waals surface area contributed by atoms with E-state index in [-0.39, 0.29) is 5.75 Å². The first-order chi connectivity index (χ1) is 6.53.